The van der Waals surface area contributed by atoms with E-state index in [4.69, 9.17) is 5.73 Å². The highest BCUT2D eigenvalue weighted by Gasteiger charge is 2.14. The zero-order chi connectivity index (χ0) is 13.9. The minimum absolute atomic E-state index is 0.173. The summed E-state index contributed by atoms with van der Waals surface area (Å²) >= 11 is 0. The number of anilines is 1. The molecule has 0 saturated carbocycles. The quantitative estimate of drug-likeness (QED) is 0.905. The highest BCUT2D eigenvalue weighted by molar-refractivity contribution is 5.73. The minimum atomic E-state index is -0.173. The summed E-state index contributed by atoms with van der Waals surface area (Å²) in [5.41, 5.74) is 8.01. The molecule has 1 aliphatic rings. The summed E-state index contributed by atoms with van der Waals surface area (Å²) in [6, 6.07) is 5.30. The molecule has 0 atom stereocenters. The third kappa shape index (κ3) is 2.67. The number of piperidine rings is 1. The van der Waals surface area contributed by atoms with Crippen molar-refractivity contribution in [2.45, 2.75) is 25.8 Å². The van der Waals surface area contributed by atoms with Crippen molar-refractivity contribution < 1.29 is 4.39 Å². The highest BCUT2D eigenvalue weighted by Crippen LogP contribution is 2.26. The lowest BCUT2D eigenvalue weighted by atomic mass is 10.0. The number of likely N-dealkylation sites (tertiary alicyclic amines) is 1. The number of nitrogens with one attached hydrogen (secondary N) is 1. The molecule has 5 heteroatoms. The van der Waals surface area contributed by atoms with Crippen molar-refractivity contribution in [3.63, 3.8) is 0 Å². The second-order valence-corrected chi connectivity index (χ2v) is 5.34. The van der Waals surface area contributed by atoms with Crippen molar-refractivity contribution in [2.24, 2.45) is 0 Å². The van der Waals surface area contributed by atoms with Gasteiger partial charge in [0.15, 0.2) is 0 Å². The molecular weight excluding hydrogens is 255 g/mol. The van der Waals surface area contributed by atoms with Crippen LogP contribution in [-0.4, -0.2) is 28.2 Å². The molecule has 3 N–H and O–H groups in total. The molecule has 2 heterocycles. The van der Waals surface area contributed by atoms with E-state index in [1.54, 1.807) is 12.3 Å². The SMILES string of the molecule is Nc1[nH]ncc1-c1ccc(CN2CCCCC2)c(F)c1. The number of nitrogens with two attached hydrogens (primary N) is 1. The average Bonchev–Trinajstić information content (AvgIpc) is 2.88. The lowest BCUT2D eigenvalue weighted by molar-refractivity contribution is 0.218. The van der Waals surface area contributed by atoms with Gasteiger partial charge < -0.3 is 5.73 Å². The molecule has 0 spiro atoms. The number of rotatable bonds is 3. The number of nitrogens with zero attached hydrogens (tertiary/aromatic N) is 2. The van der Waals surface area contributed by atoms with Gasteiger partial charge in [-0.3, -0.25) is 10.00 Å². The number of nitrogen functional groups attached to an aromatic ring is 1. The van der Waals surface area contributed by atoms with Crippen molar-refractivity contribution in [3.05, 3.63) is 35.8 Å². The molecule has 3 rings (SSSR count). The second-order valence-electron chi connectivity index (χ2n) is 5.34. The van der Waals surface area contributed by atoms with Gasteiger partial charge in [-0.2, -0.15) is 5.10 Å². The summed E-state index contributed by atoms with van der Waals surface area (Å²) in [5.74, 6) is 0.293. The third-order valence-corrected chi connectivity index (χ3v) is 3.88. The summed E-state index contributed by atoms with van der Waals surface area (Å²) in [5, 5.41) is 6.53. The maximum Gasteiger partial charge on any atom is 0.128 e. The van der Waals surface area contributed by atoms with Crippen molar-refractivity contribution in [1.82, 2.24) is 15.1 Å². The number of H-pyrrole nitrogens is 1. The molecule has 2 aromatic rings. The number of halogens is 1. The van der Waals surface area contributed by atoms with Crippen molar-refractivity contribution in [1.29, 1.82) is 0 Å². The molecule has 0 amide bonds. The van der Waals surface area contributed by atoms with Crippen LogP contribution in [0, 0.1) is 5.82 Å². The second kappa shape index (κ2) is 5.63. The van der Waals surface area contributed by atoms with Gasteiger partial charge in [0, 0.05) is 17.7 Å². The van der Waals surface area contributed by atoms with E-state index in [1.807, 2.05) is 12.1 Å². The van der Waals surface area contributed by atoms with E-state index < -0.39 is 0 Å². The zero-order valence-corrected chi connectivity index (χ0v) is 11.4. The van der Waals surface area contributed by atoms with E-state index in [0.717, 1.165) is 29.8 Å². The lowest BCUT2D eigenvalue weighted by Gasteiger charge is -2.26. The molecule has 1 aliphatic heterocycles. The molecule has 20 heavy (non-hydrogen) atoms. The topological polar surface area (TPSA) is 57.9 Å². The van der Waals surface area contributed by atoms with Crippen LogP contribution >= 0.6 is 0 Å². The van der Waals surface area contributed by atoms with Crippen molar-refractivity contribution in [3.8, 4) is 11.1 Å². The average molecular weight is 274 g/mol. The molecule has 0 bridgehead atoms. The molecule has 106 valence electrons. The maximum atomic E-state index is 14.2. The van der Waals surface area contributed by atoms with E-state index in [1.165, 1.54) is 19.3 Å². The van der Waals surface area contributed by atoms with Crippen LogP contribution < -0.4 is 5.73 Å². The molecule has 0 radical (unpaired) electrons. The van der Waals surface area contributed by atoms with Crippen LogP contribution in [0.25, 0.3) is 11.1 Å². The smallest absolute Gasteiger partial charge is 0.128 e. The Morgan fingerprint density at radius 2 is 2.05 bits per heavy atom. The molecule has 1 fully saturated rings. The monoisotopic (exact) mass is 274 g/mol. The standard InChI is InChI=1S/C15H19FN4/c16-14-8-11(13-9-18-19-15(13)17)4-5-12(14)10-20-6-2-1-3-7-20/h4-5,8-9H,1-3,6-7,10H2,(H3,17,18,19). The van der Waals surface area contributed by atoms with Gasteiger partial charge in [-0.25, -0.2) is 4.39 Å². The predicted molar refractivity (Wildman–Crippen MR) is 77.5 cm³/mol. The third-order valence-electron chi connectivity index (χ3n) is 3.88. The molecule has 0 unspecified atom stereocenters. The van der Waals surface area contributed by atoms with Crippen LogP contribution in [0.1, 0.15) is 24.8 Å². The van der Waals surface area contributed by atoms with E-state index in [0.29, 0.717) is 12.4 Å². The zero-order valence-electron chi connectivity index (χ0n) is 11.4. The van der Waals surface area contributed by atoms with Crippen LogP contribution in [0.3, 0.4) is 0 Å². The first-order valence-electron chi connectivity index (χ1n) is 7.04. The summed E-state index contributed by atoms with van der Waals surface area (Å²) < 4.78 is 14.2. The van der Waals surface area contributed by atoms with Gasteiger partial charge in [0.05, 0.1) is 6.20 Å². The van der Waals surface area contributed by atoms with Gasteiger partial charge in [0.2, 0.25) is 0 Å². The number of aromatic nitrogens is 2. The fraction of sp³-hybridized carbons (Fsp3) is 0.400. The fourth-order valence-electron chi connectivity index (χ4n) is 2.73. The van der Waals surface area contributed by atoms with E-state index in [9.17, 15) is 4.39 Å². The predicted octanol–water partition coefficient (Wildman–Crippen LogP) is 2.78. The number of hydrogen-bond donors (Lipinski definition) is 2. The Balaban J connectivity index is 1.79. The first-order chi connectivity index (χ1) is 9.74. The summed E-state index contributed by atoms with van der Waals surface area (Å²) in [6.45, 7) is 2.82. The Hall–Kier alpha value is -1.88. The van der Waals surface area contributed by atoms with E-state index in [2.05, 4.69) is 15.1 Å². The van der Waals surface area contributed by atoms with Crippen LogP contribution in [0.5, 0.6) is 0 Å². The van der Waals surface area contributed by atoms with Crippen LogP contribution in [-0.2, 0) is 6.54 Å². The molecular formula is C15H19FN4. The molecule has 4 nitrogen and oxygen atoms in total. The van der Waals surface area contributed by atoms with Crippen molar-refractivity contribution >= 4 is 5.82 Å². The summed E-state index contributed by atoms with van der Waals surface area (Å²) in [6.07, 6.45) is 5.34. The number of aromatic amines is 1. The highest BCUT2D eigenvalue weighted by atomic mass is 19.1. The number of benzene rings is 1. The Kier molecular flexibility index (Phi) is 3.69. The van der Waals surface area contributed by atoms with Crippen molar-refractivity contribution in [2.75, 3.05) is 18.8 Å². The molecule has 1 aromatic heterocycles. The lowest BCUT2D eigenvalue weighted by Crippen LogP contribution is -2.29. The van der Waals surface area contributed by atoms with Crippen LogP contribution in [0.2, 0.25) is 0 Å². The van der Waals surface area contributed by atoms with Gasteiger partial charge in [-0.1, -0.05) is 18.6 Å². The molecule has 0 aliphatic carbocycles. The van der Waals surface area contributed by atoms with Crippen LogP contribution in [0.4, 0.5) is 10.2 Å². The normalized spacial score (nSPS) is 16.4. The van der Waals surface area contributed by atoms with Gasteiger partial charge in [-0.15, -0.1) is 0 Å². The van der Waals surface area contributed by atoms with Gasteiger partial charge in [-0.05, 0) is 37.6 Å². The Bertz CT molecular complexity index is 587. The first kappa shape index (κ1) is 13.1. The van der Waals surface area contributed by atoms with E-state index in [-0.39, 0.29) is 5.82 Å². The van der Waals surface area contributed by atoms with Gasteiger partial charge >= 0.3 is 0 Å². The summed E-state index contributed by atoms with van der Waals surface area (Å²) in [4.78, 5) is 2.31. The van der Waals surface area contributed by atoms with Gasteiger partial charge in [0.25, 0.3) is 0 Å². The molecule has 1 aromatic carbocycles. The van der Waals surface area contributed by atoms with Crippen LogP contribution in [0.15, 0.2) is 24.4 Å². The maximum absolute atomic E-state index is 14.2. The number of hydrogen-bond acceptors (Lipinski definition) is 3. The Morgan fingerprint density at radius 1 is 1.25 bits per heavy atom. The Labute approximate surface area is 117 Å². The van der Waals surface area contributed by atoms with E-state index >= 15 is 0 Å². The minimum Gasteiger partial charge on any atom is -0.384 e. The largest absolute Gasteiger partial charge is 0.384 e. The first-order valence-corrected chi connectivity index (χ1v) is 7.04. The van der Waals surface area contributed by atoms with Gasteiger partial charge in [0.1, 0.15) is 11.6 Å². The Morgan fingerprint density at radius 3 is 2.70 bits per heavy atom. The summed E-state index contributed by atoms with van der Waals surface area (Å²) in [7, 11) is 0. The fourth-order valence-corrected chi connectivity index (χ4v) is 2.73. The molecule has 1 saturated heterocycles.